The molecule has 0 aromatic carbocycles. The third-order valence-electron chi connectivity index (χ3n) is 3.64. The topological polar surface area (TPSA) is 68.2 Å². The highest BCUT2D eigenvalue weighted by Crippen LogP contribution is 2.29. The zero-order chi connectivity index (χ0) is 17.3. The molecule has 0 atom stereocenters. The van der Waals surface area contributed by atoms with Gasteiger partial charge in [-0.05, 0) is 50.9 Å². The second-order valence-electron chi connectivity index (χ2n) is 6.65. The molecular formula is C17H19ClN4O2. The van der Waals surface area contributed by atoms with Crippen LogP contribution >= 0.6 is 11.6 Å². The van der Waals surface area contributed by atoms with Crippen LogP contribution < -0.4 is 0 Å². The molecule has 0 spiro atoms. The second-order valence-corrected chi connectivity index (χ2v) is 6.99. The minimum atomic E-state index is -0.525. The monoisotopic (exact) mass is 346 g/mol. The normalized spacial score (nSPS) is 14.2. The summed E-state index contributed by atoms with van der Waals surface area (Å²) in [5.41, 5.74) is 3.00. The van der Waals surface area contributed by atoms with E-state index in [1.807, 2.05) is 32.9 Å². The number of hydrogen-bond donors (Lipinski definition) is 0. The number of aromatic nitrogens is 3. The molecule has 3 heterocycles. The number of hydrogen-bond acceptors (Lipinski definition) is 5. The number of amides is 1. The molecular weight excluding hydrogens is 328 g/mol. The van der Waals surface area contributed by atoms with Gasteiger partial charge >= 0.3 is 6.09 Å². The van der Waals surface area contributed by atoms with E-state index >= 15 is 0 Å². The summed E-state index contributed by atoms with van der Waals surface area (Å²) < 4.78 is 5.44. The van der Waals surface area contributed by atoms with Crippen molar-refractivity contribution in [2.24, 2.45) is 0 Å². The van der Waals surface area contributed by atoms with Crippen LogP contribution in [0.25, 0.3) is 11.3 Å². The summed E-state index contributed by atoms with van der Waals surface area (Å²) in [6.07, 6.45) is 3.75. The van der Waals surface area contributed by atoms with Gasteiger partial charge in [0.1, 0.15) is 5.60 Å². The van der Waals surface area contributed by atoms with E-state index in [2.05, 4.69) is 15.0 Å². The smallest absolute Gasteiger partial charge is 0.410 e. The zero-order valence-corrected chi connectivity index (χ0v) is 14.7. The summed E-state index contributed by atoms with van der Waals surface area (Å²) in [5, 5.41) is 0.173. The van der Waals surface area contributed by atoms with Gasteiger partial charge in [0, 0.05) is 30.1 Å². The molecule has 126 valence electrons. The maximum absolute atomic E-state index is 12.3. The molecule has 0 aliphatic carbocycles. The summed E-state index contributed by atoms with van der Waals surface area (Å²) in [6.45, 7) is 6.48. The van der Waals surface area contributed by atoms with Crippen molar-refractivity contribution in [3.63, 3.8) is 0 Å². The first-order valence-electron chi connectivity index (χ1n) is 7.77. The number of halogens is 1. The highest BCUT2D eigenvalue weighted by atomic mass is 35.5. The van der Waals surface area contributed by atoms with E-state index < -0.39 is 5.60 Å². The Hall–Kier alpha value is -2.21. The van der Waals surface area contributed by atoms with Gasteiger partial charge in [-0.15, -0.1) is 0 Å². The number of carbonyl (C=O) groups excluding carboxylic acids is 1. The molecule has 0 bridgehead atoms. The Morgan fingerprint density at radius 3 is 2.62 bits per heavy atom. The van der Waals surface area contributed by atoms with Crippen LogP contribution in [0.15, 0.2) is 24.5 Å². The summed E-state index contributed by atoms with van der Waals surface area (Å²) in [7, 11) is 0. The van der Waals surface area contributed by atoms with Crippen molar-refractivity contribution >= 4 is 17.7 Å². The van der Waals surface area contributed by atoms with E-state index in [0.717, 1.165) is 22.5 Å². The van der Waals surface area contributed by atoms with Crippen LogP contribution in [-0.4, -0.2) is 38.1 Å². The fourth-order valence-corrected chi connectivity index (χ4v) is 2.82. The van der Waals surface area contributed by atoms with Crippen LogP contribution in [0.2, 0.25) is 5.28 Å². The summed E-state index contributed by atoms with van der Waals surface area (Å²) in [5.74, 6) is 0. The van der Waals surface area contributed by atoms with Crippen molar-refractivity contribution in [3.05, 3.63) is 41.1 Å². The molecule has 2 aromatic heterocycles. The third kappa shape index (κ3) is 3.64. The van der Waals surface area contributed by atoms with Crippen molar-refractivity contribution < 1.29 is 9.53 Å². The van der Waals surface area contributed by atoms with E-state index in [-0.39, 0.29) is 11.4 Å². The van der Waals surface area contributed by atoms with E-state index in [9.17, 15) is 4.79 Å². The summed E-state index contributed by atoms with van der Waals surface area (Å²) in [4.78, 5) is 26.7. The molecule has 3 rings (SSSR count). The zero-order valence-electron chi connectivity index (χ0n) is 13.9. The first-order valence-corrected chi connectivity index (χ1v) is 8.15. The van der Waals surface area contributed by atoms with Gasteiger partial charge in [-0.1, -0.05) is 0 Å². The number of carbonyl (C=O) groups is 1. The molecule has 1 aliphatic heterocycles. The quantitative estimate of drug-likeness (QED) is 0.739. The van der Waals surface area contributed by atoms with E-state index in [0.29, 0.717) is 19.5 Å². The van der Waals surface area contributed by atoms with Gasteiger partial charge in [0.25, 0.3) is 0 Å². The Balaban J connectivity index is 1.90. The van der Waals surface area contributed by atoms with Gasteiger partial charge in [0.2, 0.25) is 5.28 Å². The third-order valence-corrected chi connectivity index (χ3v) is 3.81. The lowest BCUT2D eigenvalue weighted by molar-refractivity contribution is 0.0221. The van der Waals surface area contributed by atoms with Gasteiger partial charge in [0.05, 0.1) is 17.9 Å². The molecule has 1 amide bonds. The molecule has 6 nitrogen and oxygen atoms in total. The minimum absolute atomic E-state index is 0.173. The predicted octanol–water partition coefficient (Wildman–Crippen LogP) is 3.49. The molecule has 0 N–H and O–H groups in total. The fourth-order valence-electron chi connectivity index (χ4n) is 2.63. The first kappa shape index (κ1) is 16.6. The van der Waals surface area contributed by atoms with Crippen LogP contribution in [0.1, 0.15) is 32.0 Å². The summed E-state index contributed by atoms with van der Waals surface area (Å²) >= 11 is 6.09. The summed E-state index contributed by atoms with van der Waals surface area (Å²) in [6, 6.07) is 3.78. The van der Waals surface area contributed by atoms with E-state index in [1.54, 1.807) is 17.3 Å². The lowest BCUT2D eigenvalue weighted by Gasteiger charge is -2.31. The number of ether oxygens (including phenoxy) is 1. The van der Waals surface area contributed by atoms with Crippen LogP contribution in [0.4, 0.5) is 4.79 Å². The Bertz CT molecular complexity index is 759. The van der Waals surface area contributed by atoms with Gasteiger partial charge in [-0.25, -0.2) is 14.8 Å². The molecule has 0 fully saturated rings. The first-order chi connectivity index (χ1) is 11.3. The predicted molar refractivity (Wildman–Crippen MR) is 90.6 cm³/mol. The van der Waals surface area contributed by atoms with Gasteiger partial charge in [-0.3, -0.25) is 4.98 Å². The minimum Gasteiger partial charge on any atom is -0.444 e. The standard InChI is InChI=1S/C17H19ClN4O2/c1-17(2,3)24-16(23)22-9-6-12-13(10-22)20-15(18)21-14(12)11-4-7-19-8-5-11/h4-5,7-8H,6,9-10H2,1-3H3. The number of pyridine rings is 1. The molecule has 2 aromatic rings. The molecule has 24 heavy (non-hydrogen) atoms. The van der Waals surface area contributed by atoms with Crippen molar-refractivity contribution in [1.29, 1.82) is 0 Å². The number of fused-ring (bicyclic) bond motifs is 1. The van der Waals surface area contributed by atoms with Crippen molar-refractivity contribution in [1.82, 2.24) is 19.9 Å². The lowest BCUT2D eigenvalue weighted by atomic mass is 9.99. The Labute approximate surface area is 145 Å². The van der Waals surface area contributed by atoms with Crippen LogP contribution in [0.5, 0.6) is 0 Å². The largest absolute Gasteiger partial charge is 0.444 e. The number of rotatable bonds is 1. The molecule has 0 saturated heterocycles. The van der Waals surface area contributed by atoms with Crippen molar-refractivity contribution in [2.75, 3.05) is 6.54 Å². The maximum Gasteiger partial charge on any atom is 0.410 e. The molecule has 1 aliphatic rings. The molecule has 0 saturated carbocycles. The average Bonchev–Trinajstić information content (AvgIpc) is 2.52. The van der Waals surface area contributed by atoms with Crippen molar-refractivity contribution in [2.45, 2.75) is 39.3 Å². The highest BCUT2D eigenvalue weighted by Gasteiger charge is 2.28. The van der Waals surface area contributed by atoms with E-state index in [4.69, 9.17) is 16.3 Å². The highest BCUT2D eigenvalue weighted by molar-refractivity contribution is 6.28. The second kappa shape index (κ2) is 6.36. The van der Waals surface area contributed by atoms with E-state index in [1.165, 1.54) is 0 Å². The molecule has 0 radical (unpaired) electrons. The van der Waals surface area contributed by atoms with Gasteiger partial charge in [0.15, 0.2) is 0 Å². The van der Waals surface area contributed by atoms with Crippen LogP contribution in [0, 0.1) is 0 Å². The SMILES string of the molecule is CC(C)(C)OC(=O)N1CCc2c(nc(Cl)nc2-c2ccncc2)C1. The molecule has 7 heteroatoms. The van der Waals surface area contributed by atoms with Crippen LogP contribution in [0.3, 0.4) is 0 Å². The molecule has 0 unspecified atom stereocenters. The van der Waals surface area contributed by atoms with Crippen molar-refractivity contribution in [3.8, 4) is 11.3 Å². The van der Waals surface area contributed by atoms with Crippen LogP contribution in [-0.2, 0) is 17.7 Å². The Morgan fingerprint density at radius 1 is 1.25 bits per heavy atom. The Kier molecular flexibility index (Phi) is 4.41. The van der Waals surface area contributed by atoms with Gasteiger partial charge < -0.3 is 9.64 Å². The number of nitrogens with zero attached hydrogens (tertiary/aromatic N) is 4. The van der Waals surface area contributed by atoms with Gasteiger partial charge in [-0.2, -0.15) is 0 Å². The Morgan fingerprint density at radius 2 is 1.96 bits per heavy atom. The average molecular weight is 347 g/mol. The fraction of sp³-hybridized carbons (Fsp3) is 0.412. The maximum atomic E-state index is 12.3. The lowest BCUT2D eigenvalue weighted by Crippen LogP contribution is -2.40.